The van der Waals surface area contributed by atoms with Gasteiger partial charge >= 0.3 is 5.97 Å². The van der Waals surface area contributed by atoms with Crippen molar-refractivity contribution in [3.63, 3.8) is 0 Å². The van der Waals surface area contributed by atoms with E-state index >= 15 is 0 Å². The van der Waals surface area contributed by atoms with Crippen molar-refractivity contribution in [1.29, 1.82) is 0 Å². The third-order valence-corrected chi connectivity index (χ3v) is 2.34. The molecule has 0 aromatic carbocycles. The Balaban J connectivity index is 3.26. The lowest BCUT2D eigenvalue weighted by Crippen LogP contribution is -2.13. The van der Waals surface area contributed by atoms with Gasteiger partial charge in [0.15, 0.2) is 0 Å². The van der Waals surface area contributed by atoms with Gasteiger partial charge in [0.05, 0.1) is 6.10 Å². The lowest BCUT2D eigenvalue weighted by molar-refractivity contribution is -0.148. The molecule has 0 rings (SSSR count). The molecule has 0 aliphatic rings. The number of esters is 1. The minimum Gasteiger partial charge on any atom is -0.463 e. The van der Waals surface area contributed by atoms with Gasteiger partial charge in [-0.2, -0.15) is 0 Å². The van der Waals surface area contributed by atoms with E-state index in [0.717, 1.165) is 6.42 Å². The summed E-state index contributed by atoms with van der Waals surface area (Å²) in [7, 11) is 0. The molecule has 2 nitrogen and oxygen atoms in total. The van der Waals surface area contributed by atoms with Crippen molar-refractivity contribution in [2.45, 2.75) is 71.8 Å². The first kappa shape index (κ1) is 13.5. The maximum atomic E-state index is 10.9. The molecule has 0 heterocycles. The lowest BCUT2D eigenvalue weighted by atomic mass is 10.1. The van der Waals surface area contributed by atoms with Crippen LogP contribution in [0.25, 0.3) is 0 Å². The van der Waals surface area contributed by atoms with Crippen LogP contribution in [0.5, 0.6) is 0 Å². The second-order valence-electron chi connectivity index (χ2n) is 3.86. The third-order valence-electron chi connectivity index (χ3n) is 2.34. The number of carbonyl (C=O) groups excluding carboxylic acids is 1. The quantitative estimate of drug-likeness (QED) is 0.441. The number of hydrogen-bond acceptors (Lipinski definition) is 2. The fourth-order valence-corrected chi connectivity index (χ4v) is 1.40. The highest BCUT2D eigenvalue weighted by molar-refractivity contribution is 5.69. The minimum atomic E-state index is -0.0777. The zero-order valence-electron chi connectivity index (χ0n) is 9.84. The first-order chi connectivity index (χ1) is 6.70. The normalized spacial score (nSPS) is 12.5. The summed E-state index contributed by atoms with van der Waals surface area (Å²) in [6, 6.07) is 0. The zero-order chi connectivity index (χ0) is 10.8. The monoisotopic (exact) mass is 200 g/mol. The first-order valence-corrected chi connectivity index (χ1v) is 5.90. The van der Waals surface area contributed by atoms with Crippen LogP contribution in [0.1, 0.15) is 65.7 Å². The highest BCUT2D eigenvalue weighted by atomic mass is 16.5. The van der Waals surface area contributed by atoms with Crippen LogP contribution in [-0.2, 0) is 9.53 Å². The highest BCUT2D eigenvalue weighted by Crippen LogP contribution is 2.09. The van der Waals surface area contributed by atoms with Gasteiger partial charge in [0.1, 0.15) is 0 Å². The van der Waals surface area contributed by atoms with Gasteiger partial charge < -0.3 is 4.74 Å². The van der Waals surface area contributed by atoms with Gasteiger partial charge in [-0.1, -0.05) is 39.5 Å². The molecule has 0 aliphatic carbocycles. The van der Waals surface area contributed by atoms with E-state index in [1.54, 1.807) is 0 Å². The molecule has 0 aromatic heterocycles. The molecule has 1 unspecified atom stereocenters. The summed E-state index contributed by atoms with van der Waals surface area (Å²) in [4.78, 5) is 10.9. The fourth-order valence-electron chi connectivity index (χ4n) is 1.40. The van der Waals surface area contributed by atoms with Gasteiger partial charge in [-0.05, 0) is 19.8 Å². The molecule has 0 bridgehead atoms. The van der Waals surface area contributed by atoms with E-state index < -0.39 is 0 Å². The molecular formula is C12H24O2. The van der Waals surface area contributed by atoms with Crippen molar-refractivity contribution in [3.8, 4) is 0 Å². The molecule has 0 N–H and O–H groups in total. The average Bonchev–Trinajstić information content (AvgIpc) is 2.17. The van der Waals surface area contributed by atoms with Gasteiger partial charge in [0.2, 0.25) is 0 Å². The smallest absolute Gasteiger partial charge is 0.305 e. The molecule has 84 valence electrons. The van der Waals surface area contributed by atoms with E-state index in [2.05, 4.69) is 6.92 Å². The molecule has 14 heavy (non-hydrogen) atoms. The van der Waals surface area contributed by atoms with Crippen molar-refractivity contribution in [2.75, 3.05) is 0 Å². The van der Waals surface area contributed by atoms with Crippen LogP contribution in [0.4, 0.5) is 0 Å². The summed E-state index contributed by atoms with van der Waals surface area (Å²) in [6.45, 7) is 6.02. The predicted octanol–water partition coefficient (Wildman–Crippen LogP) is 3.69. The molecule has 0 saturated carbocycles. The van der Waals surface area contributed by atoms with E-state index in [-0.39, 0.29) is 12.1 Å². The number of rotatable bonds is 8. The number of ether oxygens (including phenoxy) is 1. The molecule has 0 saturated heterocycles. The Morgan fingerprint density at radius 2 is 1.79 bits per heavy atom. The summed E-state index contributed by atoms with van der Waals surface area (Å²) in [5, 5.41) is 0. The van der Waals surface area contributed by atoms with Gasteiger partial charge in [0, 0.05) is 6.42 Å². The molecule has 0 radical (unpaired) electrons. The Labute approximate surface area is 88.0 Å². The van der Waals surface area contributed by atoms with Crippen molar-refractivity contribution in [3.05, 3.63) is 0 Å². The van der Waals surface area contributed by atoms with Gasteiger partial charge in [0.25, 0.3) is 0 Å². The minimum absolute atomic E-state index is 0.0777. The van der Waals surface area contributed by atoms with Crippen LogP contribution >= 0.6 is 0 Å². The van der Waals surface area contributed by atoms with E-state index in [0.29, 0.717) is 6.42 Å². The molecule has 2 heteroatoms. The molecule has 0 fully saturated rings. The maximum absolute atomic E-state index is 10.9. The van der Waals surface area contributed by atoms with Crippen molar-refractivity contribution < 1.29 is 9.53 Å². The van der Waals surface area contributed by atoms with Crippen molar-refractivity contribution in [2.24, 2.45) is 0 Å². The summed E-state index contributed by atoms with van der Waals surface area (Å²) < 4.78 is 5.17. The molecular weight excluding hydrogens is 176 g/mol. The summed E-state index contributed by atoms with van der Waals surface area (Å²) >= 11 is 0. The maximum Gasteiger partial charge on any atom is 0.305 e. The first-order valence-electron chi connectivity index (χ1n) is 5.90. The Morgan fingerprint density at radius 3 is 2.36 bits per heavy atom. The van der Waals surface area contributed by atoms with E-state index in [4.69, 9.17) is 4.74 Å². The molecule has 1 atom stereocenters. The second kappa shape index (κ2) is 9.04. The van der Waals surface area contributed by atoms with Crippen molar-refractivity contribution >= 4 is 5.97 Å². The van der Waals surface area contributed by atoms with Crippen LogP contribution in [-0.4, -0.2) is 12.1 Å². The van der Waals surface area contributed by atoms with Crippen LogP contribution in [0.15, 0.2) is 0 Å². The van der Waals surface area contributed by atoms with Crippen LogP contribution in [0, 0.1) is 0 Å². The Bertz CT molecular complexity index is 143. The SMILES string of the molecule is CCCCCCCC(C)OC(=O)CC. The van der Waals surface area contributed by atoms with E-state index in [9.17, 15) is 4.79 Å². The number of unbranched alkanes of at least 4 members (excludes halogenated alkanes) is 4. The van der Waals surface area contributed by atoms with E-state index in [1.807, 2.05) is 13.8 Å². The van der Waals surface area contributed by atoms with Crippen LogP contribution in [0.3, 0.4) is 0 Å². The molecule has 0 amide bonds. The van der Waals surface area contributed by atoms with Crippen LogP contribution < -0.4 is 0 Å². The highest BCUT2D eigenvalue weighted by Gasteiger charge is 2.06. The summed E-state index contributed by atoms with van der Waals surface area (Å²) in [5.74, 6) is -0.0777. The number of carbonyl (C=O) groups is 1. The fraction of sp³-hybridized carbons (Fsp3) is 0.917. The molecule has 0 spiro atoms. The lowest BCUT2D eigenvalue weighted by Gasteiger charge is -2.11. The zero-order valence-corrected chi connectivity index (χ0v) is 9.84. The topological polar surface area (TPSA) is 26.3 Å². The van der Waals surface area contributed by atoms with Crippen LogP contribution in [0.2, 0.25) is 0 Å². The summed E-state index contributed by atoms with van der Waals surface area (Å²) in [6.07, 6.45) is 7.95. The second-order valence-corrected chi connectivity index (χ2v) is 3.86. The Kier molecular flexibility index (Phi) is 8.70. The van der Waals surface area contributed by atoms with E-state index in [1.165, 1.54) is 32.1 Å². The van der Waals surface area contributed by atoms with Crippen molar-refractivity contribution in [1.82, 2.24) is 0 Å². The average molecular weight is 200 g/mol. The molecule has 0 aliphatic heterocycles. The van der Waals surface area contributed by atoms with Gasteiger partial charge in [-0.3, -0.25) is 4.79 Å². The standard InChI is InChI=1S/C12H24O2/c1-4-6-7-8-9-10-11(3)14-12(13)5-2/h11H,4-10H2,1-3H3. The molecule has 0 aromatic rings. The largest absolute Gasteiger partial charge is 0.463 e. The number of hydrogen-bond donors (Lipinski definition) is 0. The Hall–Kier alpha value is -0.530. The van der Waals surface area contributed by atoms with Gasteiger partial charge in [-0.25, -0.2) is 0 Å². The predicted molar refractivity (Wildman–Crippen MR) is 59.2 cm³/mol. The van der Waals surface area contributed by atoms with Gasteiger partial charge in [-0.15, -0.1) is 0 Å². The summed E-state index contributed by atoms with van der Waals surface area (Å²) in [5.41, 5.74) is 0. The Morgan fingerprint density at radius 1 is 1.14 bits per heavy atom. The third kappa shape index (κ3) is 8.09.